The Kier molecular flexibility index (Phi) is 2.90. The van der Waals surface area contributed by atoms with Crippen LogP contribution in [-0.4, -0.2) is 21.2 Å². The summed E-state index contributed by atoms with van der Waals surface area (Å²) in [4.78, 5) is 8.53. The molecule has 0 aliphatic heterocycles. The molecule has 1 N–H and O–H groups in total. The SMILES string of the molecule is Brc1cccnc1-c1noc(CNC2CC2)n1. The first kappa shape index (κ1) is 10.9. The number of aromatic nitrogens is 3. The van der Waals surface area contributed by atoms with E-state index in [2.05, 4.69) is 36.4 Å². The molecule has 0 spiro atoms. The highest BCUT2D eigenvalue weighted by Crippen LogP contribution is 2.23. The van der Waals surface area contributed by atoms with Gasteiger partial charge >= 0.3 is 0 Å². The van der Waals surface area contributed by atoms with Crippen LogP contribution in [0.2, 0.25) is 0 Å². The normalized spacial score (nSPS) is 15.1. The molecule has 0 radical (unpaired) electrons. The van der Waals surface area contributed by atoms with Crippen molar-refractivity contribution in [3.05, 3.63) is 28.7 Å². The number of pyridine rings is 1. The summed E-state index contributed by atoms with van der Waals surface area (Å²) < 4.78 is 6.03. The first-order valence-electron chi connectivity index (χ1n) is 5.50. The van der Waals surface area contributed by atoms with Crippen molar-refractivity contribution in [1.29, 1.82) is 0 Å². The van der Waals surface area contributed by atoms with Crippen molar-refractivity contribution in [3.63, 3.8) is 0 Å². The van der Waals surface area contributed by atoms with Crippen LogP contribution in [0.4, 0.5) is 0 Å². The van der Waals surface area contributed by atoms with Gasteiger partial charge in [-0.3, -0.25) is 4.98 Å². The Bertz CT molecular complexity index is 524. The second-order valence-corrected chi connectivity index (χ2v) is 4.86. The Morgan fingerprint density at radius 3 is 3.12 bits per heavy atom. The molecule has 0 unspecified atom stereocenters. The van der Waals surface area contributed by atoms with Gasteiger partial charge < -0.3 is 9.84 Å². The molecule has 5 nitrogen and oxygen atoms in total. The van der Waals surface area contributed by atoms with E-state index in [9.17, 15) is 0 Å². The van der Waals surface area contributed by atoms with Gasteiger partial charge in [0.15, 0.2) is 0 Å². The Morgan fingerprint density at radius 2 is 2.35 bits per heavy atom. The highest BCUT2D eigenvalue weighted by atomic mass is 79.9. The fraction of sp³-hybridized carbons (Fsp3) is 0.364. The Balaban J connectivity index is 1.77. The van der Waals surface area contributed by atoms with Gasteiger partial charge in [0.1, 0.15) is 5.69 Å². The topological polar surface area (TPSA) is 63.8 Å². The number of hydrogen-bond acceptors (Lipinski definition) is 5. The van der Waals surface area contributed by atoms with Crippen molar-refractivity contribution in [2.45, 2.75) is 25.4 Å². The zero-order valence-electron chi connectivity index (χ0n) is 9.06. The average molecular weight is 295 g/mol. The first-order valence-corrected chi connectivity index (χ1v) is 6.29. The third-order valence-electron chi connectivity index (χ3n) is 2.56. The molecule has 0 bridgehead atoms. The van der Waals surface area contributed by atoms with Crippen molar-refractivity contribution in [3.8, 4) is 11.5 Å². The largest absolute Gasteiger partial charge is 0.337 e. The maximum atomic E-state index is 5.17. The molecule has 2 heterocycles. The summed E-state index contributed by atoms with van der Waals surface area (Å²) in [6.07, 6.45) is 4.19. The minimum atomic E-state index is 0.519. The summed E-state index contributed by atoms with van der Waals surface area (Å²) in [5.74, 6) is 1.12. The van der Waals surface area contributed by atoms with Crippen LogP contribution in [-0.2, 0) is 6.54 Å². The minimum absolute atomic E-state index is 0.519. The van der Waals surface area contributed by atoms with Crippen LogP contribution in [0, 0.1) is 0 Å². The third-order valence-corrected chi connectivity index (χ3v) is 3.20. The van der Waals surface area contributed by atoms with Crippen LogP contribution in [0.1, 0.15) is 18.7 Å². The zero-order valence-corrected chi connectivity index (χ0v) is 10.6. The number of hydrogen-bond donors (Lipinski definition) is 1. The number of halogens is 1. The summed E-state index contributed by atoms with van der Waals surface area (Å²) in [5.41, 5.74) is 0.703. The second-order valence-electron chi connectivity index (χ2n) is 4.00. The fourth-order valence-electron chi connectivity index (χ4n) is 1.49. The quantitative estimate of drug-likeness (QED) is 0.936. The molecule has 1 aliphatic rings. The lowest BCUT2D eigenvalue weighted by Gasteiger charge is -1.96. The van der Waals surface area contributed by atoms with Crippen molar-refractivity contribution < 1.29 is 4.52 Å². The van der Waals surface area contributed by atoms with E-state index >= 15 is 0 Å². The van der Waals surface area contributed by atoms with E-state index in [1.54, 1.807) is 6.20 Å². The average Bonchev–Trinajstić information content (AvgIpc) is 3.06. The summed E-state index contributed by atoms with van der Waals surface area (Å²) >= 11 is 3.41. The van der Waals surface area contributed by atoms with Gasteiger partial charge in [-0.15, -0.1) is 0 Å². The van der Waals surface area contributed by atoms with Crippen molar-refractivity contribution in [2.75, 3.05) is 0 Å². The van der Waals surface area contributed by atoms with Crippen LogP contribution in [0.5, 0.6) is 0 Å². The Morgan fingerprint density at radius 1 is 1.47 bits per heavy atom. The Labute approximate surface area is 107 Å². The molecule has 0 amide bonds. The van der Waals surface area contributed by atoms with E-state index in [-0.39, 0.29) is 0 Å². The molecule has 1 aliphatic carbocycles. The molecule has 6 heteroatoms. The van der Waals surface area contributed by atoms with Gasteiger partial charge in [-0.05, 0) is 40.9 Å². The van der Waals surface area contributed by atoms with E-state index in [1.165, 1.54) is 12.8 Å². The van der Waals surface area contributed by atoms with E-state index in [0.29, 0.717) is 30.0 Å². The maximum Gasteiger partial charge on any atom is 0.240 e. The summed E-state index contributed by atoms with van der Waals surface area (Å²) in [7, 11) is 0. The van der Waals surface area contributed by atoms with Crippen molar-refractivity contribution >= 4 is 15.9 Å². The molecular formula is C11H11BrN4O. The number of nitrogens with one attached hydrogen (secondary N) is 1. The fourth-order valence-corrected chi connectivity index (χ4v) is 1.92. The summed E-state index contributed by atoms with van der Waals surface area (Å²) in [6, 6.07) is 4.39. The van der Waals surface area contributed by atoms with Gasteiger partial charge in [0, 0.05) is 16.7 Å². The molecule has 88 valence electrons. The molecule has 1 fully saturated rings. The predicted octanol–water partition coefficient (Wildman–Crippen LogP) is 2.15. The number of nitrogens with zero attached hydrogens (tertiary/aromatic N) is 3. The van der Waals surface area contributed by atoms with Crippen LogP contribution < -0.4 is 5.32 Å². The molecule has 3 rings (SSSR count). The van der Waals surface area contributed by atoms with E-state index in [1.807, 2.05) is 12.1 Å². The number of rotatable bonds is 4. The molecule has 0 aromatic carbocycles. The van der Waals surface area contributed by atoms with Gasteiger partial charge in [0.05, 0.1) is 6.54 Å². The molecule has 0 saturated heterocycles. The van der Waals surface area contributed by atoms with E-state index < -0.39 is 0 Å². The lowest BCUT2D eigenvalue weighted by molar-refractivity contribution is 0.367. The molecule has 0 atom stereocenters. The van der Waals surface area contributed by atoms with Gasteiger partial charge in [0.25, 0.3) is 0 Å². The van der Waals surface area contributed by atoms with E-state index in [0.717, 1.165) is 4.47 Å². The highest BCUT2D eigenvalue weighted by Gasteiger charge is 2.21. The lowest BCUT2D eigenvalue weighted by atomic mass is 10.3. The van der Waals surface area contributed by atoms with Crippen LogP contribution in [0.3, 0.4) is 0 Å². The van der Waals surface area contributed by atoms with Gasteiger partial charge in [0.2, 0.25) is 11.7 Å². The summed E-state index contributed by atoms with van der Waals surface area (Å²) in [6.45, 7) is 0.627. The second kappa shape index (κ2) is 4.54. The monoisotopic (exact) mass is 294 g/mol. The Hall–Kier alpha value is -1.27. The highest BCUT2D eigenvalue weighted by molar-refractivity contribution is 9.10. The van der Waals surface area contributed by atoms with Crippen LogP contribution in [0.15, 0.2) is 27.3 Å². The van der Waals surface area contributed by atoms with Crippen molar-refractivity contribution in [1.82, 2.24) is 20.4 Å². The molecule has 1 saturated carbocycles. The lowest BCUT2D eigenvalue weighted by Crippen LogP contribution is -2.15. The minimum Gasteiger partial charge on any atom is -0.337 e. The van der Waals surface area contributed by atoms with Crippen LogP contribution in [0.25, 0.3) is 11.5 Å². The van der Waals surface area contributed by atoms with Crippen LogP contribution >= 0.6 is 15.9 Å². The van der Waals surface area contributed by atoms with E-state index in [4.69, 9.17) is 4.52 Å². The maximum absolute atomic E-state index is 5.17. The predicted molar refractivity (Wildman–Crippen MR) is 65.1 cm³/mol. The van der Waals surface area contributed by atoms with Gasteiger partial charge in [-0.25, -0.2) is 0 Å². The molecular weight excluding hydrogens is 284 g/mol. The molecule has 2 aromatic rings. The third kappa shape index (κ3) is 2.53. The van der Waals surface area contributed by atoms with Gasteiger partial charge in [-0.2, -0.15) is 4.98 Å². The van der Waals surface area contributed by atoms with Gasteiger partial charge in [-0.1, -0.05) is 5.16 Å². The van der Waals surface area contributed by atoms with Crippen molar-refractivity contribution in [2.24, 2.45) is 0 Å². The molecule has 2 aromatic heterocycles. The summed E-state index contributed by atoms with van der Waals surface area (Å²) in [5, 5.41) is 7.25. The zero-order chi connectivity index (χ0) is 11.7. The smallest absolute Gasteiger partial charge is 0.240 e. The standard InChI is InChI=1S/C11H11BrN4O/c12-8-2-1-5-13-10(8)11-15-9(17-16-11)6-14-7-3-4-7/h1-2,5,7,14H,3-4,6H2. The first-order chi connectivity index (χ1) is 8.33. The molecule has 17 heavy (non-hydrogen) atoms.